The first-order valence-electron chi connectivity index (χ1n) is 9.67. The molecule has 0 saturated heterocycles. The van der Waals surface area contributed by atoms with Crippen LogP contribution in [0.2, 0.25) is 0 Å². The van der Waals surface area contributed by atoms with Crippen LogP contribution in [0.5, 0.6) is 0 Å². The van der Waals surface area contributed by atoms with Crippen molar-refractivity contribution in [1.29, 1.82) is 0 Å². The SMILES string of the molecule is O=C(O)c1ccc(Cn2cc(-c3ccc(-c4ccccc4C(=O)O)cc3)nn2)c([N+](=O)[O-])c1. The van der Waals surface area contributed by atoms with E-state index in [9.17, 15) is 24.8 Å². The summed E-state index contributed by atoms with van der Waals surface area (Å²) in [6, 6.07) is 17.5. The average Bonchev–Trinajstić information content (AvgIpc) is 3.27. The largest absolute Gasteiger partial charge is 0.478 e. The quantitative estimate of drug-likeness (QED) is 0.321. The number of aromatic carboxylic acids is 2. The van der Waals surface area contributed by atoms with Crippen LogP contribution in [0.1, 0.15) is 26.3 Å². The molecule has 0 bridgehead atoms. The molecule has 10 heteroatoms. The fraction of sp³-hybridized carbons (Fsp3) is 0.0435. The third-order valence-electron chi connectivity index (χ3n) is 5.05. The van der Waals surface area contributed by atoms with Crippen LogP contribution in [0.25, 0.3) is 22.4 Å². The van der Waals surface area contributed by atoms with E-state index >= 15 is 0 Å². The molecule has 0 radical (unpaired) electrons. The van der Waals surface area contributed by atoms with Crippen molar-refractivity contribution in [3.05, 3.63) is 99.7 Å². The molecule has 1 heterocycles. The molecule has 10 nitrogen and oxygen atoms in total. The number of benzene rings is 3. The van der Waals surface area contributed by atoms with Crippen LogP contribution in [0.3, 0.4) is 0 Å². The van der Waals surface area contributed by atoms with Crippen molar-refractivity contribution >= 4 is 17.6 Å². The maximum atomic E-state index is 11.5. The number of carbonyl (C=O) groups is 2. The molecule has 4 aromatic rings. The van der Waals surface area contributed by atoms with Gasteiger partial charge in [0.15, 0.2) is 0 Å². The number of carboxylic acids is 2. The molecule has 0 spiro atoms. The van der Waals surface area contributed by atoms with Crippen LogP contribution in [0.15, 0.2) is 72.9 Å². The van der Waals surface area contributed by atoms with Crippen LogP contribution in [0, 0.1) is 10.1 Å². The van der Waals surface area contributed by atoms with Gasteiger partial charge in [-0.25, -0.2) is 14.3 Å². The topological polar surface area (TPSA) is 148 Å². The molecule has 1 aromatic heterocycles. The predicted octanol–water partition coefficient (Wildman–Crippen LogP) is 3.97. The molecule has 0 saturated carbocycles. The average molecular weight is 444 g/mol. The highest BCUT2D eigenvalue weighted by molar-refractivity contribution is 5.96. The summed E-state index contributed by atoms with van der Waals surface area (Å²) in [5.41, 5.74) is 2.60. The Balaban J connectivity index is 1.58. The Hall–Kier alpha value is -4.86. The Morgan fingerprint density at radius 2 is 1.64 bits per heavy atom. The number of hydrogen-bond acceptors (Lipinski definition) is 6. The maximum absolute atomic E-state index is 11.5. The molecule has 3 aromatic carbocycles. The second-order valence-electron chi connectivity index (χ2n) is 7.14. The summed E-state index contributed by atoms with van der Waals surface area (Å²) in [5, 5.41) is 37.9. The minimum atomic E-state index is -1.25. The van der Waals surface area contributed by atoms with Crippen LogP contribution in [-0.2, 0) is 6.54 Å². The van der Waals surface area contributed by atoms with Gasteiger partial charge in [0.2, 0.25) is 0 Å². The van der Waals surface area contributed by atoms with Crippen molar-refractivity contribution in [1.82, 2.24) is 15.0 Å². The van der Waals surface area contributed by atoms with Gasteiger partial charge in [-0.15, -0.1) is 5.10 Å². The van der Waals surface area contributed by atoms with E-state index in [1.165, 1.54) is 16.8 Å². The molecular weight excluding hydrogens is 428 g/mol. The predicted molar refractivity (Wildman–Crippen MR) is 117 cm³/mol. The lowest BCUT2D eigenvalue weighted by molar-refractivity contribution is -0.385. The van der Waals surface area contributed by atoms with Gasteiger partial charge < -0.3 is 10.2 Å². The van der Waals surface area contributed by atoms with Gasteiger partial charge in [-0.3, -0.25) is 10.1 Å². The van der Waals surface area contributed by atoms with E-state index in [0.717, 1.165) is 17.2 Å². The van der Waals surface area contributed by atoms with Gasteiger partial charge in [0, 0.05) is 11.6 Å². The molecule has 0 aliphatic rings. The van der Waals surface area contributed by atoms with E-state index in [1.807, 2.05) is 0 Å². The highest BCUT2D eigenvalue weighted by atomic mass is 16.6. The Morgan fingerprint density at radius 1 is 0.939 bits per heavy atom. The molecular formula is C23H16N4O6. The minimum Gasteiger partial charge on any atom is -0.478 e. The number of carboxylic acid groups (broad SMARTS) is 2. The smallest absolute Gasteiger partial charge is 0.336 e. The van der Waals surface area contributed by atoms with Crippen molar-refractivity contribution < 1.29 is 24.7 Å². The summed E-state index contributed by atoms with van der Waals surface area (Å²) in [6.45, 7) is 0.0350. The molecule has 0 fully saturated rings. The van der Waals surface area contributed by atoms with Gasteiger partial charge in [-0.1, -0.05) is 47.7 Å². The Kier molecular flexibility index (Phi) is 5.64. The maximum Gasteiger partial charge on any atom is 0.336 e. The number of nitrogens with zero attached hydrogens (tertiary/aromatic N) is 4. The molecule has 164 valence electrons. The molecule has 4 rings (SSSR count). The van der Waals surface area contributed by atoms with Gasteiger partial charge in [0.1, 0.15) is 5.69 Å². The minimum absolute atomic E-state index is 0.0350. The third-order valence-corrected chi connectivity index (χ3v) is 5.05. The van der Waals surface area contributed by atoms with E-state index in [1.54, 1.807) is 54.7 Å². The number of rotatable bonds is 7. The lowest BCUT2D eigenvalue weighted by Crippen LogP contribution is -2.06. The first-order chi connectivity index (χ1) is 15.8. The number of nitro groups is 1. The van der Waals surface area contributed by atoms with Gasteiger partial charge in [0.05, 0.1) is 34.4 Å². The summed E-state index contributed by atoms with van der Waals surface area (Å²) in [4.78, 5) is 33.3. The van der Waals surface area contributed by atoms with Crippen molar-refractivity contribution in [2.24, 2.45) is 0 Å². The fourth-order valence-electron chi connectivity index (χ4n) is 3.42. The van der Waals surface area contributed by atoms with Crippen LogP contribution >= 0.6 is 0 Å². The van der Waals surface area contributed by atoms with Crippen molar-refractivity contribution in [3.8, 4) is 22.4 Å². The standard InChI is InChI=1S/C23H16N4O6/c28-22(29)16-9-10-17(21(11-16)27(32)33)12-26-13-20(24-25-26)15-7-5-14(6-8-15)18-3-1-2-4-19(18)23(30)31/h1-11,13H,12H2,(H,28,29)(H,30,31). The summed E-state index contributed by atoms with van der Waals surface area (Å²) >= 11 is 0. The lowest BCUT2D eigenvalue weighted by atomic mass is 9.98. The van der Waals surface area contributed by atoms with Crippen molar-refractivity contribution in [2.75, 3.05) is 0 Å². The van der Waals surface area contributed by atoms with Crippen molar-refractivity contribution in [2.45, 2.75) is 6.54 Å². The summed E-state index contributed by atoms with van der Waals surface area (Å²) < 4.78 is 1.42. The second-order valence-corrected chi connectivity index (χ2v) is 7.14. The van der Waals surface area contributed by atoms with E-state index in [-0.39, 0.29) is 23.4 Å². The zero-order valence-corrected chi connectivity index (χ0v) is 17.0. The fourth-order valence-corrected chi connectivity index (χ4v) is 3.42. The van der Waals surface area contributed by atoms with E-state index in [2.05, 4.69) is 10.3 Å². The summed E-state index contributed by atoms with van der Waals surface area (Å²) in [5.74, 6) is -2.26. The van der Waals surface area contributed by atoms with Gasteiger partial charge in [-0.05, 0) is 29.3 Å². The Bertz CT molecular complexity index is 1380. The lowest BCUT2D eigenvalue weighted by Gasteiger charge is -2.06. The molecule has 0 aliphatic carbocycles. The first kappa shape index (κ1) is 21.4. The highest BCUT2D eigenvalue weighted by Gasteiger charge is 2.18. The van der Waals surface area contributed by atoms with E-state index in [4.69, 9.17) is 5.11 Å². The zero-order valence-electron chi connectivity index (χ0n) is 17.0. The number of aromatic nitrogens is 3. The molecule has 0 atom stereocenters. The van der Waals surface area contributed by atoms with Gasteiger partial charge in [-0.2, -0.15) is 0 Å². The Labute approximate surface area is 186 Å². The van der Waals surface area contributed by atoms with Gasteiger partial charge in [0.25, 0.3) is 5.69 Å². The highest BCUT2D eigenvalue weighted by Crippen LogP contribution is 2.27. The molecule has 33 heavy (non-hydrogen) atoms. The Morgan fingerprint density at radius 3 is 2.30 bits per heavy atom. The zero-order chi connectivity index (χ0) is 23.5. The molecule has 0 aliphatic heterocycles. The van der Waals surface area contributed by atoms with E-state index < -0.39 is 16.9 Å². The number of nitro benzene ring substituents is 1. The normalized spacial score (nSPS) is 10.7. The second kappa shape index (κ2) is 8.71. The van der Waals surface area contributed by atoms with E-state index in [0.29, 0.717) is 16.8 Å². The third kappa shape index (κ3) is 4.44. The molecule has 2 N–H and O–H groups in total. The van der Waals surface area contributed by atoms with Gasteiger partial charge >= 0.3 is 11.9 Å². The van der Waals surface area contributed by atoms with Crippen LogP contribution in [0.4, 0.5) is 5.69 Å². The monoisotopic (exact) mass is 444 g/mol. The molecule has 0 unspecified atom stereocenters. The van der Waals surface area contributed by atoms with Crippen molar-refractivity contribution in [3.63, 3.8) is 0 Å². The van der Waals surface area contributed by atoms with Crippen LogP contribution < -0.4 is 0 Å². The number of hydrogen-bond donors (Lipinski definition) is 2. The molecule has 0 amide bonds. The summed E-state index contributed by atoms with van der Waals surface area (Å²) in [6.07, 6.45) is 1.62. The summed E-state index contributed by atoms with van der Waals surface area (Å²) in [7, 11) is 0. The first-order valence-corrected chi connectivity index (χ1v) is 9.67. The van der Waals surface area contributed by atoms with Crippen LogP contribution in [-0.4, -0.2) is 42.1 Å².